The number of hydrogen-bond donors (Lipinski definition) is 1. The highest BCUT2D eigenvalue weighted by Gasteiger charge is 2.37. The number of likely N-dealkylation sites (tertiary alicyclic amines) is 1. The Kier molecular flexibility index (Phi) is 4.52. The Balaban J connectivity index is 0.00000264. The van der Waals surface area contributed by atoms with Crippen LogP contribution < -0.4 is 4.72 Å². The van der Waals surface area contributed by atoms with Gasteiger partial charge in [-0.15, -0.1) is 0 Å². The van der Waals surface area contributed by atoms with Gasteiger partial charge in [-0.25, -0.2) is 9.59 Å². The third-order valence-electron chi connectivity index (χ3n) is 3.17. The summed E-state index contributed by atoms with van der Waals surface area (Å²) < 4.78 is 37.1. The molecule has 0 aliphatic carbocycles. The summed E-state index contributed by atoms with van der Waals surface area (Å²) >= 11 is 0. The number of amides is 2. The van der Waals surface area contributed by atoms with E-state index in [2.05, 4.69) is 9.46 Å². The zero-order valence-electron chi connectivity index (χ0n) is 12.9. The van der Waals surface area contributed by atoms with Crippen molar-refractivity contribution in [3.8, 4) is 0 Å². The summed E-state index contributed by atoms with van der Waals surface area (Å²) in [5.41, 5.74) is -0.603. The van der Waals surface area contributed by atoms with Gasteiger partial charge in [-0.3, -0.25) is 0 Å². The lowest BCUT2D eigenvalue weighted by molar-refractivity contribution is 0.0291. The second-order valence-corrected chi connectivity index (χ2v) is 7.85. The van der Waals surface area contributed by atoms with Crippen LogP contribution in [0.1, 0.15) is 28.6 Å². The minimum atomic E-state index is -3.95. The van der Waals surface area contributed by atoms with Crippen molar-refractivity contribution >= 4 is 22.4 Å². The fraction of sp³-hybridized carbons (Fsp3) is 0.833. The number of ether oxygens (including phenoxy) is 2. The van der Waals surface area contributed by atoms with E-state index < -0.39 is 34.0 Å². The summed E-state index contributed by atoms with van der Waals surface area (Å²) in [7, 11) is -3.95. The van der Waals surface area contributed by atoms with Crippen LogP contribution in [0.4, 0.5) is 9.59 Å². The molecule has 1 N–H and O–H groups in total. The van der Waals surface area contributed by atoms with Crippen LogP contribution in [0.5, 0.6) is 0 Å². The monoisotopic (exact) mass is 337 g/mol. The summed E-state index contributed by atoms with van der Waals surface area (Å²) in [6.45, 7) is 5.94. The zero-order chi connectivity index (χ0) is 16.5. The van der Waals surface area contributed by atoms with Gasteiger partial charge >= 0.3 is 22.4 Å². The number of hydrogen-bond acceptors (Lipinski definition) is 6. The summed E-state index contributed by atoms with van der Waals surface area (Å²) in [5, 5.41) is 0. The van der Waals surface area contributed by atoms with Crippen molar-refractivity contribution in [2.24, 2.45) is 0 Å². The molecular weight excluding hydrogens is 314 g/mol. The molecule has 0 spiro atoms. The number of nitrogens with zero attached hydrogens (tertiary/aromatic N) is 2. The number of carbonyl (C=O) groups is 2. The number of carbonyl (C=O) groups excluding carboxylic acids is 2. The summed E-state index contributed by atoms with van der Waals surface area (Å²) in [4.78, 5) is 24.7. The third-order valence-corrected chi connectivity index (χ3v) is 4.71. The first-order valence-corrected chi connectivity index (χ1v) is 8.47. The Labute approximate surface area is 131 Å². The van der Waals surface area contributed by atoms with E-state index in [-0.39, 0.29) is 21.1 Å². The molecule has 0 aromatic heterocycles. The van der Waals surface area contributed by atoms with Crippen LogP contribution in [0.3, 0.4) is 0 Å². The summed E-state index contributed by atoms with van der Waals surface area (Å²) in [5.74, 6) is 0. The zero-order valence-corrected chi connectivity index (χ0v) is 13.7. The van der Waals surface area contributed by atoms with Crippen LogP contribution in [0, 0.1) is 0 Å². The Morgan fingerprint density at radius 2 is 2.09 bits per heavy atom. The van der Waals surface area contributed by atoms with Crippen LogP contribution in [-0.2, 0) is 19.7 Å². The maximum atomic E-state index is 12.1. The van der Waals surface area contributed by atoms with Gasteiger partial charge in [0.2, 0.25) is 0 Å². The molecule has 0 aromatic rings. The molecule has 10 heteroatoms. The lowest BCUT2D eigenvalue weighted by Gasteiger charge is -2.24. The van der Waals surface area contributed by atoms with E-state index in [0.29, 0.717) is 17.3 Å². The van der Waals surface area contributed by atoms with Crippen molar-refractivity contribution in [1.29, 1.82) is 0 Å². The fourth-order valence-electron chi connectivity index (χ4n) is 2.22. The predicted molar refractivity (Wildman–Crippen MR) is 78.4 cm³/mol. The molecule has 2 fully saturated rings. The van der Waals surface area contributed by atoms with Crippen molar-refractivity contribution in [2.45, 2.75) is 38.8 Å². The van der Waals surface area contributed by atoms with E-state index in [9.17, 15) is 18.0 Å². The fourth-order valence-corrected chi connectivity index (χ4v) is 3.53. The van der Waals surface area contributed by atoms with Crippen LogP contribution in [-0.4, -0.2) is 67.7 Å². The summed E-state index contributed by atoms with van der Waals surface area (Å²) in [6.07, 6.45) is -0.897. The van der Waals surface area contributed by atoms with Gasteiger partial charge in [0.15, 0.2) is 0 Å². The van der Waals surface area contributed by atoms with E-state index in [4.69, 9.17) is 4.74 Å². The van der Waals surface area contributed by atoms with Crippen molar-refractivity contribution < 1.29 is 28.9 Å². The van der Waals surface area contributed by atoms with E-state index in [1.165, 1.54) is 4.90 Å². The second-order valence-electron chi connectivity index (χ2n) is 6.22. The first-order valence-electron chi connectivity index (χ1n) is 7.03. The lowest BCUT2D eigenvalue weighted by Crippen LogP contribution is -2.47. The molecule has 0 saturated carbocycles. The van der Waals surface area contributed by atoms with Gasteiger partial charge in [0.25, 0.3) is 0 Å². The Morgan fingerprint density at radius 1 is 1.41 bits per heavy atom. The van der Waals surface area contributed by atoms with E-state index in [0.717, 1.165) is 0 Å². The Hall–Kier alpha value is -1.55. The molecule has 0 aromatic carbocycles. The molecule has 2 aliphatic heterocycles. The molecule has 0 radical (unpaired) electrons. The number of cyclic esters (lactones) is 1. The molecule has 2 heterocycles. The van der Waals surface area contributed by atoms with Crippen molar-refractivity contribution in [3.63, 3.8) is 0 Å². The molecule has 2 saturated heterocycles. The number of nitrogens with one attached hydrogen (secondary N) is 1. The standard InChI is InChI=1S/C12H21N3O6S.H2/c1-12(2,3)21-10(16)14-5-4-9(8-14)13-22(18,19)15-6-7-20-11(15)17;/h9,13H,4-8H2,1-3H3;1H/t9-;/m1./s1. The second kappa shape index (κ2) is 5.92. The third kappa shape index (κ3) is 4.01. The molecule has 1 atom stereocenters. The molecule has 2 aliphatic rings. The highest BCUT2D eigenvalue weighted by atomic mass is 32.2. The van der Waals surface area contributed by atoms with E-state index >= 15 is 0 Å². The average molecular weight is 337 g/mol. The minimum absolute atomic E-state index is 0. The molecule has 2 amide bonds. The summed E-state index contributed by atoms with van der Waals surface area (Å²) in [6, 6.07) is -0.453. The maximum Gasteiger partial charge on any atom is 0.424 e. The first-order chi connectivity index (χ1) is 10.1. The van der Waals surface area contributed by atoms with Crippen LogP contribution in [0.25, 0.3) is 0 Å². The van der Waals surface area contributed by atoms with Gasteiger partial charge in [0.05, 0.1) is 6.54 Å². The van der Waals surface area contributed by atoms with Crippen LogP contribution in [0.2, 0.25) is 0 Å². The van der Waals surface area contributed by atoms with E-state index in [1.807, 2.05) is 0 Å². The molecular formula is C12H23N3O6S. The van der Waals surface area contributed by atoms with Gasteiger partial charge < -0.3 is 14.4 Å². The van der Waals surface area contributed by atoms with E-state index in [1.54, 1.807) is 20.8 Å². The van der Waals surface area contributed by atoms with Gasteiger partial charge in [0, 0.05) is 20.6 Å². The molecule has 9 nitrogen and oxygen atoms in total. The normalized spacial score (nSPS) is 22.9. The van der Waals surface area contributed by atoms with Gasteiger partial charge in [-0.05, 0) is 27.2 Å². The Bertz CT molecular complexity index is 562. The molecule has 0 unspecified atom stereocenters. The van der Waals surface area contributed by atoms with Crippen molar-refractivity contribution in [1.82, 2.24) is 13.9 Å². The quantitative estimate of drug-likeness (QED) is 0.805. The van der Waals surface area contributed by atoms with Crippen LogP contribution >= 0.6 is 0 Å². The smallest absolute Gasteiger partial charge is 0.424 e. The van der Waals surface area contributed by atoms with Crippen molar-refractivity contribution in [2.75, 3.05) is 26.2 Å². The van der Waals surface area contributed by atoms with Crippen molar-refractivity contribution in [3.05, 3.63) is 0 Å². The molecule has 2 rings (SSSR count). The highest BCUT2D eigenvalue weighted by Crippen LogP contribution is 2.17. The first kappa shape index (κ1) is 16.8. The molecule has 22 heavy (non-hydrogen) atoms. The SMILES string of the molecule is CC(C)(C)OC(=O)N1CC[C@@H](NS(=O)(=O)N2CCOC2=O)C1.[HH]. The largest absolute Gasteiger partial charge is 0.447 e. The number of rotatable bonds is 3. The van der Waals surface area contributed by atoms with Gasteiger partial charge in [-0.1, -0.05) is 0 Å². The van der Waals surface area contributed by atoms with Gasteiger partial charge in [0.1, 0.15) is 12.2 Å². The average Bonchev–Trinajstić information content (AvgIpc) is 2.95. The minimum Gasteiger partial charge on any atom is -0.447 e. The lowest BCUT2D eigenvalue weighted by atomic mass is 10.2. The predicted octanol–water partition coefficient (Wildman–Crippen LogP) is 0.528. The van der Waals surface area contributed by atoms with Crippen LogP contribution in [0.15, 0.2) is 0 Å². The van der Waals surface area contributed by atoms with Gasteiger partial charge in [-0.2, -0.15) is 17.4 Å². The maximum absolute atomic E-state index is 12.1. The topological polar surface area (TPSA) is 105 Å². The Morgan fingerprint density at radius 3 is 2.64 bits per heavy atom. The highest BCUT2D eigenvalue weighted by molar-refractivity contribution is 7.87. The molecule has 128 valence electrons. The molecule has 0 bridgehead atoms.